The van der Waals surface area contributed by atoms with Crippen LogP contribution in [-0.4, -0.2) is 63.6 Å². The first-order valence-corrected chi connectivity index (χ1v) is 9.75. The van der Waals surface area contributed by atoms with Crippen LogP contribution in [0, 0.1) is 0 Å². The molecule has 0 amide bonds. The molecular weight excluding hydrogens is 322 g/mol. The van der Waals surface area contributed by atoms with Crippen molar-refractivity contribution in [2.24, 2.45) is 0 Å². The smallest absolute Gasteiger partial charge is 0.322 e. The Bertz CT molecular complexity index is 559. The number of rotatable bonds is 8. The molecule has 0 saturated carbocycles. The normalized spacial score (nSPS) is 21.3. The van der Waals surface area contributed by atoms with E-state index < -0.39 is 38.0 Å². The summed E-state index contributed by atoms with van der Waals surface area (Å²) >= 11 is 0. The number of carboxylic acid groups (broad SMARTS) is 1. The Labute approximate surface area is 124 Å². The molecule has 0 aromatic heterocycles. The molecule has 0 aliphatic carbocycles. The predicted octanol–water partition coefficient (Wildman–Crippen LogP) is -1.30. The van der Waals surface area contributed by atoms with Crippen LogP contribution in [0.5, 0.6) is 0 Å². The Morgan fingerprint density at radius 1 is 1.24 bits per heavy atom. The summed E-state index contributed by atoms with van der Waals surface area (Å²) in [5.74, 6) is -1.59. The Morgan fingerprint density at radius 2 is 1.90 bits per heavy atom. The third-order valence-electron chi connectivity index (χ3n) is 3.07. The van der Waals surface area contributed by atoms with Gasteiger partial charge in [-0.1, -0.05) is 6.92 Å². The number of hydrogen-bond acceptors (Lipinski definition) is 5. The SMILES string of the molecule is CCNS(=O)(=O)CCNS(=O)(=O)N1CCCCC1C(=O)O. The number of aliphatic carboxylic acids is 1. The van der Waals surface area contributed by atoms with Crippen LogP contribution >= 0.6 is 0 Å². The third kappa shape index (κ3) is 5.51. The fourth-order valence-electron chi connectivity index (χ4n) is 2.12. The highest BCUT2D eigenvalue weighted by Gasteiger charge is 2.36. The Kier molecular flexibility index (Phi) is 6.53. The molecule has 1 heterocycles. The maximum atomic E-state index is 12.1. The molecule has 0 aromatic rings. The lowest BCUT2D eigenvalue weighted by Gasteiger charge is -2.31. The van der Waals surface area contributed by atoms with Crippen LogP contribution in [0.1, 0.15) is 26.2 Å². The first kappa shape index (κ1) is 18.3. The van der Waals surface area contributed by atoms with Gasteiger partial charge in [0.15, 0.2) is 0 Å². The number of hydrogen-bond donors (Lipinski definition) is 3. The molecule has 0 bridgehead atoms. The van der Waals surface area contributed by atoms with Gasteiger partial charge in [-0.05, 0) is 19.3 Å². The molecule has 0 aromatic carbocycles. The number of carboxylic acids is 1. The van der Waals surface area contributed by atoms with E-state index in [-0.39, 0.29) is 26.1 Å². The second-order valence-electron chi connectivity index (χ2n) is 4.68. The fraction of sp³-hybridized carbons (Fsp3) is 0.900. The largest absolute Gasteiger partial charge is 0.480 e. The van der Waals surface area contributed by atoms with E-state index in [1.807, 2.05) is 0 Å². The summed E-state index contributed by atoms with van der Waals surface area (Å²) in [6.07, 6.45) is 1.49. The van der Waals surface area contributed by atoms with Crippen molar-refractivity contribution in [1.29, 1.82) is 0 Å². The number of nitrogens with zero attached hydrogens (tertiary/aromatic N) is 1. The van der Waals surface area contributed by atoms with Crippen LogP contribution < -0.4 is 9.44 Å². The number of sulfonamides is 1. The summed E-state index contributed by atoms with van der Waals surface area (Å²) < 4.78 is 52.3. The van der Waals surface area contributed by atoms with Crippen LogP contribution in [0.15, 0.2) is 0 Å². The van der Waals surface area contributed by atoms with E-state index in [0.29, 0.717) is 12.8 Å². The van der Waals surface area contributed by atoms with E-state index in [0.717, 1.165) is 4.31 Å². The van der Waals surface area contributed by atoms with Crippen molar-refractivity contribution in [2.75, 3.05) is 25.4 Å². The summed E-state index contributed by atoms with van der Waals surface area (Å²) in [7, 11) is -7.53. The van der Waals surface area contributed by atoms with Crippen molar-refractivity contribution in [1.82, 2.24) is 13.7 Å². The highest BCUT2D eigenvalue weighted by Crippen LogP contribution is 2.19. The average Bonchev–Trinajstić information content (AvgIpc) is 2.38. The van der Waals surface area contributed by atoms with Crippen molar-refractivity contribution in [2.45, 2.75) is 32.2 Å². The van der Waals surface area contributed by atoms with Gasteiger partial charge in [0.05, 0.1) is 5.75 Å². The number of nitrogens with one attached hydrogen (secondary N) is 2. The summed E-state index contributed by atoms with van der Waals surface area (Å²) in [4.78, 5) is 11.1. The molecule has 1 aliphatic rings. The topological polar surface area (TPSA) is 133 Å². The minimum Gasteiger partial charge on any atom is -0.480 e. The van der Waals surface area contributed by atoms with Crippen molar-refractivity contribution < 1.29 is 26.7 Å². The van der Waals surface area contributed by atoms with Crippen molar-refractivity contribution in [3.8, 4) is 0 Å². The van der Waals surface area contributed by atoms with E-state index >= 15 is 0 Å². The van der Waals surface area contributed by atoms with Gasteiger partial charge in [0.2, 0.25) is 10.0 Å². The quantitative estimate of drug-likeness (QED) is 0.502. The molecule has 21 heavy (non-hydrogen) atoms. The van der Waals surface area contributed by atoms with Crippen LogP contribution in [0.4, 0.5) is 0 Å². The zero-order chi connectivity index (χ0) is 16.1. The molecule has 9 nitrogen and oxygen atoms in total. The summed E-state index contributed by atoms with van der Waals surface area (Å²) in [6, 6.07) is -1.10. The fourth-order valence-corrected chi connectivity index (χ4v) is 4.63. The van der Waals surface area contributed by atoms with Crippen molar-refractivity contribution in [3.05, 3.63) is 0 Å². The summed E-state index contributed by atoms with van der Waals surface area (Å²) in [6.45, 7) is 1.65. The maximum Gasteiger partial charge on any atom is 0.322 e. The van der Waals surface area contributed by atoms with Gasteiger partial charge in [-0.25, -0.2) is 17.9 Å². The highest BCUT2D eigenvalue weighted by molar-refractivity contribution is 7.89. The van der Waals surface area contributed by atoms with Gasteiger partial charge in [0.25, 0.3) is 10.2 Å². The molecule has 1 unspecified atom stereocenters. The predicted molar refractivity (Wildman–Crippen MR) is 76.4 cm³/mol. The first-order chi connectivity index (χ1) is 9.69. The van der Waals surface area contributed by atoms with Crippen LogP contribution in [0.3, 0.4) is 0 Å². The van der Waals surface area contributed by atoms with Crippen LogP contribution in [-0.2, 0) is 25.0 Å². The van der Waals surface area contributed by atoms with E-state index in [1.54, 1.807) is 6.92 Å². The van der Waals surface area contributed by atoms with Gasteiger partial charge in [-0.15, -0.1) is 0 Å². The molecule has 1 saturated heterocycles. The molecular formula is C10H21N3O6S2. The lowest BCUT2D eigenvalue weighted by Crippen LogP contribution is -2.52. The first-order valence-electron chi connectivity index (χ1n) is 6.66. The van der Waals surface area contributed by atoms with Gasteiger partial charge >= 0.3 is 5.97 Å². The molecule has 1 aliphatic heterocycles. The standard InChI is InChI=1S/C10H21N3O6S2/c1-2-11-20(16,17)8-6-12-21(18,19)13-7-4-3-5-9(13)10(14)15/h9,11-12H,2-8H2,1H3,(H,14,15). The second kappa shape index (κ2) is 7.49. The molecule has 124 valence electrons. The second-order valence-corrected chi connectivity index (χ2v) is 8.31. The minimum atomic E-state index is -4.00. The lowest BCUT2D eigenvalue weighted by atomic mass is 10.1. The number of piperidine rings is 1. The third-order valence-corrected chi connectivity index (χ3v) is 6.16. The van der Waals surface area contributed by atoms with Gasteiger partial charge in [-0.2, -0.15) is 12.7 Å². The molecule has 0 radical (unpaired) electrons. The highest BCUT2D eigenvalue weighted by atomic mass is 32.2. The summed E-state index contributed by atoms with van der Waals surface area (Å²) in [5, 5.41) is 9.06. The van der Waals surface area contributed by atoms with E-state index in [9.17, 15) is 21.6 Å². The lowest BCUT2D eigenvalue weighted by molar-refractivity contribution is -0.142. The Morgan fingerprint density at radius 3 is 2.48 bits per heavy atom. The number of carbonyl (C=O) groups is 1. The zero-order valence-electron chi connectivity index (χ0n) is 11.8. The van der Waals surface area contributed by atoms with E-state index in [4.69, 9.17) is 5.11 Å². The average molecular weight is 343 g/mol. The molecule has 0 spiro atoms. The van der Waals surface area contributed by atoms with Gasteiger partial charge < -0.3 is 5.11 Å². The van der Waals surface area contributed by atoms with Gasteiger partial charge in [0.1, 0.15) is 6.04 Å². The zero-order valence-corrected chi connectivity index (χ0v) is 13.4. The summed E-state index contributed by atoms with van der Waals surface area (Å²) in [5.41, 5.74) is 0. The Balaban J connectivity index is 2.66. The van der Waals surface area contributed by atoms with Crippen molar-refractivity contribution in [3.63, 3.8) is 0 Å². The molecule has 1 atom stereocenters. The monoisotopic (exact) mass is 343 g/mol. The Hall–Kier alpha value is -0.750. The van der Waals surface area contributed by atoms with Gasteiger partial charge in [-0.3, -0.25) is 4.79 Å². The molecule has 3 N–H and O–H groups in total. The molecule has 1 fully saturated rings. The van der Waals surface area contributed by atoms with Crippen LogP contribution in [0.2, 0.25) is 0 Å². The molecule has 1 rings (SSSR count). The molecule has 11 heteroatoms. The van der Waals surface area contributed by atoms with E-state index in [2.05, 4.69) is 9.44 Å². The minimum absolute atomic E-state index is 0.117. The maximum absolute atomic E-state index is 12.1. The van der Waals surface area contributed by atoms with Crippen LogP contribution in [0.25, 0.3) is 0 Å². The van der Waals surface area contributed by atoms with Gasteiger partial charge in [0, 0.05) is 19.6 Å². The van der Waals surface area contributed by atoms with E-state index in [1.165, 1.54) is 0 Å². The van der Waals surface area contributed by atoms with Crippen molar-refractivity contribution >= 4 is 26.2 Å².